The molecule has 3 rings (SSSR count). The molecule has 0 aromatic heterocycles. The summed E-state index contributed by atoms with van der Waals surface area (Å²) in [6.45, 7) is 3.80. The first-order chi connectivity index (χ1) is 11.5. The number of aliphatic hydroxyl groups is 1. The Morgan fingerprint density at radius 2 is 2.04 bits per heavy atom. The van der Waals surface area contributed by atoms with Crippen molar-refractivity contribution in [1.29, 1.82) is 0 Å². The predicted octanol–water partition coefficient (Wildman–Crippen LogP) is 2.10. The van der Waals surface area contributed by atoms with E-state index in [9.17, 15) is 18.7 Å². The first kappa shape index (κ1) is 17.3. The first-order valence-corrected chi connectivity index (χ1v) is 8.41. The highest BCUT2D eigenvalue weighted by Gasteiger charge is 2.47. The molecule has 2 atom stereocenters. The van der Waals surface area contributed by atoms with Gasteiger partial charge in [-0.3, -0.25) is 4.79 Å². The Labute approximate surface area is 140 Å². The number of aliphatic hydroxyl groups excluding tert-OH is 1. The minimum atomic E-state index is -1.01. The normalized spacial score (nSPS) is 26.6. The van der Waals surface area contributed by atoms with E-state index in [-0.39, 0.29) is 29.9 Å². The zero-order valence-corrected chi connectivity index (χ0v) is 13.8. The number of nitrogens with zero attached hydrogens (tertiary/aromatic N) is 1. The summed E-state index contributed by atoms with van der Waals surface area (Å²) in [7, 11) is 0. The third kappa shape index (κ3) is 2.93. The third-order valence-electron chi connectivity index (χ3n) is 5.49. The number of rotatable bonds is 3. The summed E-state index contributed by atoms with van der Waals surface area (Å²) < 4.78 is 33.1. The highest BCUT2D eigenvalue weighted by molar-refractivity contribution is 5.88. The zero-order valence-electron chi connectivity index (χ0n) is 13.8. The lowest BCUT2D eigenvalue weighted by atomic mass is 9.72. The van der Waals surface area contributed by atoms with E-state index in [0.717, 1.165) is 6.07 Å². The molecule has 4 nitrogen and oxygen atoms in total. The van der Waals surface area contributed by atoms with Crippen molar-refractivity contribution in [2.24, 2.45) is 11.8 Å². The van der Waals surface area contributed by atoms with Gasteiger partial charge < -0.3 is 14.7 Å². The molecule has 1 amide bonds. The number of hydrogen-bond acceptors (Lipinski definition) is 3. The van der Waals surface area contributed by atoms with Gasteiger partial charge in [0.2, 0.25) is 5.91 Å². The van der Waals surface area contributed by atoms with Crippen LogP contribution in [0, 0.1) is 23.5 Å². The Kier molecular flexibility index (Phi) is 4.88. The van der Waals surface area contributed by atoms with Gasteiger partial charge in [0.1, 0.15) is 11.6 Å². The molecule has 1 N–H and O–H groups in total. The van der Waals surface area contributed by atoms with Crippen LogP contribution in [0.25, 0.3) is 0 Å². The van der Waals surface area contributed by atoms with Gasteiger partial charge in [-0.15, -0.1) is 0 Å². The van der Waals surface area contributed by atoms with Gasteiger partial charge in [-0.1, -0.05) is 13.0 Å². The lowest BCUT2D eigenvalue weighted by Gasteiger charge is -2.39. The minimum Gasteiger partial charge on any atom is -0.396 e. The summed E-state index contributed by atoms with van der Waals surface area (Å²) >= 11 is 0. The van der Waals surface area contributed by atoms with E-state index in [0.29, 0.717) is 39.1 Å². The molecule has 2 aliphatic rings. The van der Waals surface area contributed by atoms with Gasteiger partial charge >= 0.3 is 0 Å². The van der Waals surface area contributed by atoms with E-state index in [1.54, 1.807) is 4.90 Å². The van der Waals surface area contributed by atoms with Gasteiger partial charge in [-0.05, 0) is 24.8 Å². The third-order valence-corrected chi connectivity index (χ3v) is 5.49. The van der Waals surface area contributed by atoms with Crippen molar-refractivity contribution in [3.05, 3.63) is 35.4 Å². The molecular formula is C18H23F2NO3. The van der Waals surface area contributed by atoms with Gasteiger partial charge in [0.15, 0.2) is 0 Å². The van der Waals surface area contributed by atoms with Crippen LogP contribution in [0.4, 0.5) is 8.78 Å². The number of amides is 1. The molecule has 0 unspecified atom stereocenters. The van der Waals surface area contributed by atoms with E-state index in [1.807, 2.05) is 6.92 Å². The molecule has 0 saturated carbocycles. The van der Waals surface area contributed by atoms with Crippen molar-refractivity contribution >= 4 is 5.91 Å². The lowest BCUT2D eigenvalue weighted by Crippen LogP contribution is -2.50. The second-order valence-corrected chi connectivity index (χ2v) is 6.95. The Morgan fingerprint density at radius 1 is 1.33 bits per heavy atom. The number of carbonyl (C=O) groups is 1. The molecule has 0 aliphatic carbocycles. The lowest BCUT2D eigenvalue weighted by molar-refractivity contribution is -0.140. The number of likely N-dealkylation sites (tertiary alicyclic amines) is 1. The number of carbonyl (C=O) groups excluding carboxylic acids is 1. The SMILES string of the molecule is C[C@@H]1CN(C(=O)C2(c3ccc(F)cc3F)CCOCC2)C[C@H]1CO. The molecule has 2 aliphatic heterocycles. The fraction of sp³-hybridized carbons (Fsp3) is 0.611. The number of halogens is 2. The van der Waals surface area contributed by atoms with E-state index in [2.05, 4.69) is 0 Å². The Balaban J connectivity index is 1.96. The average molecular weight is 339 g/mol. The van der Waals surface area contributed by atoms with Crippen LogP contribution in [0.2, 0.25) is 0 Å². The monoisotopic (exact) mass is 339 g/mol. The van der Waals surface area contributed by atoms with Crippen LogP contribution < -0.4 is 0 Å². The maximum absolute atomic E-state index is 14.5. The van der Waals surface area contributed by atoms with E-state index < -0.39 is 17.0 Å². The second kappa shape index (κ2) is 6.76. The van der Waals surface area contributed by atoms with Crippen LogP contribution >= 0.6 is 0 Å². The second-order valence-electron chi connectivity index (χ2n) is 6.95. The van der Waals surface area contributed by atoms with Gasteiger partial charge in [0.05, 0.1) is 5.41 Å². The average Bonchev–Trinajstić information content (AvgIpc) is 2.95. The summed E-state index contributed by atoms with van der Waals surface area (Å²) in [5, 5.41) is 9.44. The molecule has 2 fully saturated rings. The summed E-state index contributed by atoms with van der Waals surface area (Å²) in [5.74, 6) is -1.23. The van der Waals surface area contributed by atoms with Gasteiger partial charge in [0.25, 0.3) is 0 Å². The number of ether oxygens (including phenoxy) is 1. The van der Waals surface area contributed by atoms with E-state index >= 15 is 0 Å². The molecule has 0 radical (unpaired) electrons. The van der Waals surface area contributed by atoms with Gasteiger partial charge in [-0.25, -0.2) is 8.78 Å². The maximum Gasteiger partial charge on any atom is 0.233 e. The van der Waals surface area contributed by atoms with Crippen molar-refractivity contribution in [3.8, 4) is 0 Å². The van der Waals surface area contributed by atoms with Gasteiger partial charge in [-0.2, -0.15) is 0 Å². The van der Waals surface area contributed by atoms with E-state index in [4.69, 9.17) is 4.74 Å². The first-order valence-electron chi connectivity index (χ1n) is 8.41. The number of hydrogen-bond donors (Lipinski definition) is 1. The maximum atomic E-state index is 14.5. The van der Waals surface area contributed by atoms with Crippen LogP contribution in [0.3, 0.4) is 0 Å². The smallest absolute Gasteiger partial charge is 0.233 e. The van der Waals surface area contributed by atoms with Crippen LogP contribution in [0.15, 0.2) is 18.2 Å². The largest absolute Gasteiger partial charge is 0.396 e. The molecule has 1 aromatic rings. The molecule has 1 aromatic carbocycles. The van der Waals surface area contributed by atoms with Crippen molar-refractivity contribution in [2.75, 3.05) is 32.9 Å². The fourth-order valence-corrected chi connectivity index (χ4v) is 3.94. The topological polar surface area (TPSA) is 49.8 Å². The zero-order chi connectivity index (χ0) is 17.3. The summed E-state index contributed by atoms with van der Waals surface area (Å²) in [6, 6.07) is 3.42. The minimum absolute atomic E-state index is 0.0337. The van der Waals surface area contributed by atoms with Crippen LogP contribution in [0.5, 0.6) is 0 Å². The Morgan fingerprint density at radius 3 is 2.62 bits per heavy atom. The molecule has 6 heteroatoms. The Bertz CT molecular complexity index is 616. The van der Waals surface area contributed by atoms with Crippen molar-refractivity contribution < 1.29 is 23.4 Å². The van der Waals surface area contributed by atoms with Crippen LogP contribution in [0.1, 0.15) is 25.3 Å². The molecule has 24 heavy (non-hydrogen) atoms. The van der Waals surface area contributed by atoms with E-state index in [1.165, 1.54) is 12.1 Å². The summed E-state index contributed by atoms with van der Waals surface area (Å²) in [5.41, 5.74) is -0.766. The standard InChI is InChI=1S/C18H23F2NO3/c1-12-9-21(10-13(12)11-22)17(23)18(4-6-24-7-5-18)15-3-2-14(19)8-16(15)20/h2-3,8,12-13,22H,4-7,9-11H2,1H3/t12-,13+/m1/s1. The highest BCUT2D eigenvalue weighted by atomic mass is 19.1. The summed E-state index contributed by atoms with van der Waals surface area (Å²) in [4.78, 5) is 15.0. The van der Waals surface area contributed by atoms with Crippen molar-refractivity contribution in [1.82, 2.24) is 4.90 Å². The number of benzene rings is 1. The molecule has 2 saturated heterocycles. The van der Waals surface area contributed by atoms with Crippen molar-refractivity contribution in [2.45, 2.75) is 25.2 Å². The summed E-state index contributed by atoms with van der Waals surface area (Å²) in [6.07, 6.45) is 0.756. The van der Waals surface area contributed by atoms with Gasteiger partial charge in [0, 0.05) is 50.5 Å². The molecule has 132 valence electrons. The molecular weight excluding hydrogens is 316 g/mol. The van der Waals surface area contributed by atoms with Crippen LogP contribution in [-0.4, -0.2) is 48.8 Å². The Hall–Kier alpha value is -1.53. The molecule has 0 bridgehead atoms. The van der Waals surface area contributed by atoms with Crippen LogP contribution in [-0.2, 0) is 14.9 Å². The quantitative estimate of drug-likeness (QED) is 0.917. The predicted molar refractivity (Wildman–Crippen MR) is 84.4 cm³/mol. The molecule has 0 spiro atoms. The highest BCUT2D eigenvalue weighted by Crippen LogP contribution is 2.40. The molecule has 2 heterocycles. The van der Waals surface area contributed by atoms with Crippen molar-refractivity contribution in [3.63, 3.8) is 0 Å². The fourth-order valence-electron chi connectivity index (χ4n) is 3.94.